The number of azide groups is 1. The number of halogens is 1. The zero-order valence-electron chi connectivity index (χ0n) is 7.96. The highest BCUT2D eigenvalue weighted by molar-refractivity contribution is 6.68. The monoisotopic (exact) mass is 232 g/mol. The highest BCUT2D eigenvalue weighted by Crippen LogP contribution is 2.21. The van der Waals surface area contributed by atoms with E-state index < -0.39 is 5.24 Å². The maximum absolute atomic E-state index is 11.0. The number of allylic oxidation sites excluding steroid dienone is 1. The Balaban J connectivity index is 3.47. The summed E-state index contributed by atoms with van der Waals surface area (Å²) in [6.07, 6.45) is 0. The van der Waals surface area contributed by atoms with Gasteiger partial charge in [-0.2, -0.15) is 5.26 Å². The molecular weight excluding hydrogens is 228 g/mol. The number of hydrogen-bond acceptors (Lipinski definition) is 3. The molecular formula is C10H5ClN4O. The Morgan fingerprint density at radius 2 is 2.06 bits per heavy atom. The fraction of sp³-hybridized carbons (Fsp3) is 0. The molecule has 0 heterocycles. The summed E-state index contributed by atoms with van der Waals surface area (Å²) in [6.45, 7) is 0. The molecule has 0 spiro atoms. The Labute approximate surface area is 96.2 Å². The molecule has 16 heavy (non-hydrogen) atoms. The van der Waals surface area contributed by atoms with Gasteiger partial charge in [-0.15, -0.1) is 0 Å². The second-order valence-electron chi connectivity index (χ2n) is 2.66. The normalized spacial score (nSPS) is 10.8. The first-order valence-electron chi connectivity index (χ1n) is 4.15. The summed E-state index contributed by atoms with van der Waals surface area (Å²) in [4.78, 5) is 13.5. The van der Waals surface area contributed by atoms with Gasteiger partial charge in [-0.1, -0.05) is 35.4 Å². The molecule has 0 aliphatic carbocycles. The van der Waals surface area contributed by atoms with E-state index in [2.05, 4.69) is 10.0 Å². The quantitative estimate of drug-likeness (QED) is 0.200. The van der Waals surface area contributed by atoms with Gasteiger partial charge in [0.1, 0.15) is 11.6 Å². The highest BCUT2D eigenvalue weighted by atomic mass is 35.5. The molecule has 0 N–H and O–H groups in total. The molecule has 0 atom stereocenters. The van der Waals surface area contributed by atoms with Gasteiger partial charge in [0.2, 0.25) is 0 Å². The second kappa shape index (κ2) is 5.56. The summed E-state index contributed by atoms with van der Waals surface area (Å²) in [5.41, 5.74) is 8.41. The second-order valence-corrected chi connectivity index (χ2v) is 3.01. The summed E-state index contributed by atoms with van der Waals surface area (Å²) in [5, 5.41) is 11.1. The molecule has 1 aromatic carbocycles. The van der Waals surface area contributed by atoms with Gasteiger partial charge < -0.3 is 0 Å². The van der Waals surface area contributed by atoms with Crippen LogP contribution in [-0.2, 0) is 4.79 Å². The number of nitrogens with zero attached hydrogens (tertiary/aromatic N) is 4. The third-order valence-electron chi connectivity index (χ3n) is 1.74. The Bertz CT molecular complexity index is 524. The molecule has 0 saturated heterocycles. The van der Waals surface area contributed by atoms with Crippen LogP contribution < -0.4 is 0 Å². The zero-order valence-corrected chi connectivity index (χ0v) is 8.72. The van der Waals surface area contributed by atoms with Crippen molar-refractivity contribution >= 4 is 22.5 Å². The van der Waals surface area contributed by atoms with Crippen molar-refractivity contribution in [1.29, 1.82) is 5.26 Å². The van der Waals surface area contributed by atoms with E-state index in [0.717, 1.165) is 0 Å². The van der Waals surface area contributed by atoms with E-state index in [1.54, 1.807) is 36.4 Å². The van der Waals surface area contributed by atoms with Gasteiger partial charge in [-0.25, -0.2) is 0 Å². The molecule has 0 unspecified atom stereocenters. The van der Waals surface area contributed by atoms with Crippen molar-refractivity contribution in [2.75, 3.05) is 0 Å². The van der Waals surface area contributed by atoms with Gasteiger partial charge in [0, 0.05) is 4.91 Å². The SMILES string of the molecule is N#CC(C(=O)Cl)=C(N=[N+]=[N-])c1ccccc1. The van der Waals surface area contributed by atoms with Gasteiger partial charge in [0.05, 0.1) is 5.70 Å². The first-order chi connectivity index (χ1) is 7.70. The third-order valence-corrected chi connectivity index (χ3v) is 1.93. The molecule has 5 nitrogen and oxygen atoms in total. The van der Waals surface area contributed by atoms with Crippen molar-refractivity contribution in [3.63, 3.8) is 0 Å². The summed E-state index contributed by atoms with van der Waals surface area (Å²) in [7, 11) is 0. The Morgan fingerprint density at radius 1 is 1.44 bits per heavy atom. The Kier molecular flexibility index (Phi) is 4.10. The van der Waals surface area contributed by atoms with Crippen molar-refractivity contribution < 1.29 is 4.79 Å². The summed E-state index contributed by atoms with van der Waals surface area (Å²) < 4.78 is 0. The Morgan fingerprint density at radius 3 is 2.50 bits per heavy atom. The van der Waals surface area contributed by atoms with Crippen molar-refractivity contribution in [2.45, 2.75) is 0 Å². The van der Waals surface area contributed by atoms with Crippen LogP contribution in [0.1, 0.15) is 5.56 Å². The predicted molar refractivity (Wildman–Crippen MR) is 59.0 cm³/mol. The topological polar surface area (TPSA) is 89.6 Å². The summed E-state index contributed by atoms with van der Waals surface area (Å²) in [6, 6.07) is 9.98. The number of nitriles is 1. The average Bonchev–Trinajstić information content (AvgIpc) is 2.29. The largest absolute Gasteiger partial charge is 0.275 e. The molecule has 1 aromatic rings. The lowest BCUT2D eigenvalue weighted by Crippen LogP contribution is -1.95. The number of rotatable bonds is 3. The lowest BCUT2D eigenvalue weighted by Gasteiger charge is -2.01. The minimum atomic E-state index is -0.950. The molecule has 78 valence electrons. The molecule has 0 aromatic heterocycles. The predicted octanol–water partition coefficient (Wildman–Crippen LogP) is 3.00. The molecule has 0 aliphatic rings. The number of benzene rings is 1. The van der Waals surface area contributed by atoms with Crippen LogP contribution in [0.3, 0.4) is 0 Å². The molecule has 0 bridgehead atoms. The highest BCUT2D eigenvalue weighted by Gasteiger charge is 2.13. The van der Waals surface area contributed by atoms with Gasteiger partial charge in [0.25, 0.3) is 5.24 Å². The fourth-order valence-corrected chi connectivity index (χ4v) is 1.21. The maximum Gasteiger partial charge on any atom is 0.263 e. The van der Waals surface area contributed by atoms with E-state index in [1.165, 1.54) is 0 Å². The van der Waals surface area contributed by atoms with Gasteiger partial charge >= 0.3 is 0 Å². The third kappa shape index (κ3) is 2.61. The maximum atomic E-state index is 11.0. The van der Waals surface area contributed by atoms with Crippen LogP contribution in [0.4, 0.5) is 0 Å². The fourth-order valence-electron chi connectivity index (χ4n) is 1.08. The van der Waals surface area contributed by atoms with Crippen LogP contribution in [-0.4, -0.2) is 5.24 Å². The van der Waals surface area contributed by atoms with Crippen LogP contribution in [0, 0.1) is 11.3 Å². The summed E-state index contributed by atoms with van der Waals surface area (Å²) in [5.74, 6) is 0. The Hall–Kier alpha value is -2.28. The van der Waals surface area contributed by atoms with E-state index in [1.807, 2.05) is 0 Å². The standard InChI is InChI=1S/C10H5ClN4O/c11-10(16)8(6-12)9(14-15-13)7-4-2-1-3-5-7/h1-5H. The number of hydrogen-bond donors (Lipinski definition) is 0. The van der Waals surface area contributed by atoms with Crippen molar-refractivity contribution in [1.82, 2.24) is 0 Å². The van der Waals surface area contributed by atoms with Crippen LogP contribution >= 0.6 is 11.6 Å². The van der Waals surface area contributed by atoms with Gasteiger partial charge in [-0.3, -0.25) is 4.79 Å². The van der Waals surface area contributed by atoms with Crippen molar-refractivity contribution in [2.24, 2.45) is 5.11 Å². The number of carbonyl (C=O) groups is 1. The van der Waals surface area contributed by atoms with Crippen LogP contribution in [0.25, 0.3) is 16.1 Å². The van der Waals surface area contributed by atoms with Crippen LogP contribution in [0.5, 0.6) is 0 Å². The molecule has 0 radical (unpaired) electrons. The van der Waals surface area contributed by atoms with Crippen molar-refractivity contribution in [3.05, 3.63) is 51.9 Å². The van der Waals surface area contributed by atoms with E-state index in [-0.39, 0.29) is 11.3 Å². The molecule has 0 aliphatic heterocycles. The first-order valence-corrected chi connectivity index (χ1v) is 4.53. The first kappa shape index (κ1) is 11.8. The minimum absolute atomic E-state index is 0.0643. The molecule has 6 heteroatoms. The molecule has 1 rings (SSSR count). The molecule has 0 amide bonds. The van der Waals surface area contributed by atoms with E-state index >= 15 is 0 Å². The average molecular weight is 233 g/mol. The van der Waals surface area contributed by atoms with Crippen molar-refractivity contribution in [3.8, 4) is 6.07 Å². The van der Waals surface area contributed by atoms with E-state index in [9.17, 15) is 4.79 Å². The molecule has 0 fully saturated rings. The van der Waals surface area contributed by atoms with Gasteiger partial charge in [-0.05, 0) is 22.7 Å². The molecule has 0 saturated carbocycles. The van der Waals surface area contributed by atoms with E-state index in [4.69, 9.17) is 22.4 Å². The van der Waals surface area contributed by atoms with Gasteiger partial charge in [0.15, 0.2) is 0 Å². The van der Waals surface area contributed by atoms with Crippen LogP contribution in [0.15, 0.2) is 41.0 Å². The smallest absolute Gasteiger partial charge is 0.263 e. The lowest BCUT2D eigenvalue weighted by molar-refractivity contribution is -0.108. The summed E-state index contributed by atoms with van der Waals surface area (Å²) >= 11 is 5.22. The van der Waals surface area contributed by atoms with Crippen LogP contribution in [0.2, 0.25) is 0 Å². The zero-order chi connectivity index (χ0) is 12.0. The van der Waals surface area contributed by atoms with E-state index in [0.29, 0.717) is 5.56 Å². The minimum Gasteiger partial charge on any atom is -0.275 e. The lowest BCUT2D eigenvalue weighted by atomic mass is 10.1. The number of carbonyl (C=O) groups excluding carboxylic acids is 1.